The largest absolute Gasteiger partial charge is 0.302 e. The fourth-order valence-electron chi connectivity index (χ4n) is 1.62. The molecule has 1 rings (SSSR count). The summed E-state index contributed by atoms with van der Waals surface area (Å²) in [7, 11) is 0. The van der Waals surface area contributed by atoms with Gasteiger partial charge in [-0.3, -0.25) is 0 Å². The zero-order valence-electron chi connectivity index (χ0n) is 11.0. The molecule has 1 atom stereocenters. The smallest absolute Gasteiger partial charge is 0.130 e. The molecule has 0 fully saturated rings. The molecule has 0 amide bonds. The van der Waals surface area contributed by atoms with E-state index in [9.17, 15) is 4.79 Å². The van der Waals surface area contributed by atoms with Crippen LogP contribution in [0.2, 0.25) is 0 Å². The van der Waals surface area contributed by atoms with Crippen LogP contribution in [0.4, 0.5) is 0 Å². The maximum atomic E-state index is 11.1. The number of thioether (sulfide) groups is 1. The first-order valence-electron chi connectivity index (χ1n) is 6.36. The summed E-state index contributed by atoms with van der Waals surface area (Å²) < 4.78 is 0. The zero-order chi connectivity index (χ0) is 12.7. The van der Waals surface area contributed by atoms with Crippen molar-refractivity contribution >= 4 is 18.0 Å². The molecule has 1 aromatic rings. The molecule has 0 saturated heterocycles. The highest BCUT2D eigenvalue weighted by Gasteiger charge is 2.23. The van der Waals surface area contributed by atoms with Gasteiger partial charge < -0.3 is 4.79 Å². The number of rotatable bonds is 7. The molecule has 0 radical (unpaired) electrons. The summed E-state index contributed by atoms with van der Waals surface area (Å²) in [5, 5.41) is 0. The maximum absolute atomic E-state index is 11.1. The van der Waals surface area contributed by atoms with Gasteiger partial charge in [-0.25, -0.2) is 0 Å². The summed E-state index contributed by atoms with van der Waals surface area (Å²) >= 11 is 1.89. The lowest BCUT2D eigenvalue weighted by Crippen LogP contribution is -2.22. The summed E-state index contributed by atoms with van der Waals surface area (Å²) in [6.07, 6.45) is 4.41. The van der Waals surface area contributed by atoms with E-state index < -0.39 is 0 Å². The van der Waals surface area contributed by atoms with Gasteiger partial charge in [0.1, 0.15) is 6.29 Å². The second kappa shape index (κ2) is 6.85. The van der Waals surface area contributed by atoms with Gasteiger partial charge in [0.25, 0.3) is 0 Å². The van der Waals surface area contributed by atoms with Crippen LogP contribution in [0.15, 0.2) is 29.2 Å². The molecular formula is C15H22OS. The minimum atomic E-state index is -0.327. The Kier molecular flexibility index (Phi) is 5.76. The molecule has 0 bridgehead atoms. The molecule has 0 aromatic heterocycles. The van der Waals surface area contributed by atoms with Crippen LogP contribution in [0, 0.1) is 0 Å². The molecule has 0 N–H and O–H groups in total. The van der Waals surface area contributed by atoms with Crippen molar-refractivity contribution in [2.75, 3.05) is 5.75 Å². The Labute approximate surface area is 109 Å². The number of carbonyl (C=O) groups excluding carboxylic acids is 1. The van der Waals surface area contributed by atoms with E-state index in [1.807, 2.05) is 18.7 Å². The Morgan fingerprint density at radius 2 is 1.88 bits per heavy atom. The second-order valence-electron chi connectivity index (χ2n) is 4.62. The van der Waals surface area contributed by atoms with Gasteiger partial charge >= 0.3 is 0 Å². The highest BCUT2D eigenvalue weighted by Crippen LogP contribution is 2.27. The van der Waals surface area contributed by atoms with E-state index in [1.165, 1.54) is 23.5 Å². The number of benzene rings is 1. The van der Waals surface area contributed by atoms with Crippen LogP contribution >= 0.6 is 11.8 Å². The van der Waals surface area contributed by atoms with Crippen molar-refractivity contribution in [3.05, 3.63) is 29.8 Å². The van der Waals surface area contributed by atoms with Crippen LogP contribution < -0.4 is 0 Å². The molecule has 17 heavy (non-hydrogen) atoms. The minimum Gasteiger partial charge on any atom is -0.302 e. The molecule has 1 nitrogen and oxygen atoms in total. The number of carbonyl (C=O) groups is 1. The third kappa shape index (κ3) is 3.88. The summed E-state index contributed by atoms with van der Waals surface area (Å²) in [6.45, 7) is 6.26. The summed E-state index contributed by atoms with van der Waals surface area (Å²) in [4.78, 5) is 12.4. The molecule has 0 aliphatic carbocycles. The molecule has 1 aromatic carbocycles. The first-order valence-corrected chi connectivity index (χ1v) is 7.34. The van der Waals surface area contributed by atoms with Gasteiger partial charge in [-0.05, 0) is 43.2 Å². The highest BCUT2D eigenvalue weighted by atomic mass is 32.2. The first kappa shape index (κ1) is 14.3. The van der Waals surface area contributed by atoms with Crippen molar-refractivity contribution in [3.63, 3.8) is 0 Å². The molecule has 0 saturated carbocycles. The third-order valence-electron chi connectivity index (χ3n) is 3.27. The van der Waals surface area contributed by atoms with Gasteiger partial charge in [0.2, 0.25) is 0 Å². The van der Waals surface area contributed by atoms with Crippen LogP contribution in [-0.2, 0) is 10.2 Å². The molecule has 0 spiro atoms. The average molecular weight is 250 g/mol. The van der Waals surface area contributed by atoms with Crippen molar-refractivity contribution in [1.29, 1.82) is 0 Å². The lowest BCUT2D eigenvalue weighted by molar-refractivity contribution is -0.112. The normalized spacial score (nSPS) is 14.3. The monoisotopic (exact) mass is 250 g/mol. The van der Waals surface area contributed by atoms with Gasteiger partial charge in [-0.15, -0.1) is 11.8 Å². The van der Waals surface area contributed by atoms with Gasteiger partial charge in [0.15, 0.2) is 0 Å². The third-order valence-corrected chi connectivity index (χ3v) is 4.37. The minimum absolute atomic E-state index is 0.327. The van der Waals surface area contributed by atoms with Gasteiger partial charge in [-0.1, -0.05) is 32.4 Å². The van der Waals surface area contributed by atoms with E-state index in [4.69, 9.17) is 0 Å². The maximum Gasteiger partial charge on any atom is 0.130 e. The Morgan fingerprint density at radius 3 is 2.35 bits per heavy atom. The van der Waals surface area contributed by atoms with Crippen LogP contribution in [0.5, 0.6) is 0 Å². The predicted molar refractivity (Wildman–Crippen MR) is 75.8 cm³/mol. The van der Waals surface area contributed by atoms with E-state index in [0.717, 1.165) is 18.3 Å². The number of aldehydes is 1. The lowest BCUT2D eigenvalue weighted by Gasteiger charge is -2.21. The molecule has 1 unspecified atom stereocenters. The lowest BCUT2D eigenvalue weighted by atomic mass is 9.82. The van der Waals surface area contributed by atoms with Crippen LogP contribution in [0.1, 0.15) is 45.6 Å². The van der Waals surface area contributed by atoms with E-state index in [0.29, 0.717) is 0 Å². The van der Waals surface area contributed by atoms with Gasteiger partial charge in [0, 0.05) is 10.3 Å². The first-order chi connectivity index (χ1) is 8.16. The Hall–Kier alpha value is -0.760. The average Bonchev–Trinajstić information content (AvgIpc) is 2.39. The van der Waals surface area contributed by atoms with Crippen LogP contribution in [-0.4, -0.2) is 12.0 Å². The molecular weight excluding hydrogens is 228 g/mol. The number of hydrogen-bond acceptors (Lipinski definition) is 2. The zero-order valence-corrected chi connectivity index (χ0v) is 11.8. The van der Waals surface area contributed by atoms with Gasteiger partial charge in [-0.2, -0.15) is 0 Å². The summed E-state index contributed by atoms with van der Waals surface area (Å²) in [5.41, 5.74) is 0.793. The van der Waals surface area contributed by atoms with E-state index in [-0.39, 0.29) is 5.41 Å². The Morgan fingerprint density at radius 1 is 1.24 bits per heavy atom. The van der Waals surface area contributed by atoms with Crippen molar-refractivity contribution in [2.45, 2.75) is 50.3 Å². The fourth-order valence-corrected chi connectivity index (χ4v) is 2.62. The molecule has 0 aliphatic heterocycles. The SMILES string of the molecule is CCCCSc1ccc(C(C)(C=O)CC)cc1. The number of unbranched alkanes of at least 4 members (excludes halogenated alkanes) is 1. The van der Waals surface area contributed by atoms with Gasteiger partial charge in [0.05, 0.1) is 0 Å². The van der Waals surface area contributed by atoms with Crippen LogP contribution in [0.3, 0.4) is 0 Å². The van der Waals surface area contributed by atoms with Crippen molar-refractivity contribution < 1.29 is 4.79 Å². The standard InChI is InChI=1S/C15H22OS/c1-4-6-11-17-14-9-7-13(8-10-14)15(3,5-2)12-16/h7-10,12H,4-6,11H2,1-3H3. The molecule has 0 aliphatic rings. The van der Waals surface area contributed by atoms with Crippen molar-refractivity contribution in [1.82, 2.24) is 0 Å². The van der Waals surface area contributed by atoms with E-state index in [2.05, 4.69) is 38.1 Å². The Balaban J connectivity index is 2.70. The quantitative estimate of drug-likeness (QED) is 0.404. The van der Waals surface area contributed by atoms with Crippen molar-refractivity contribution in [2.24, 2.45) is 0 Å². The highest BCUT2D eigenvalue weighted by molar-refractivity contribution is 7.99. The number of hydrogen-bond donors (Lipinski definition) is 0. The summed E-state index contributed by atoms with van der Waals surface area (Å²) in [5.74, 6) is 1.18. The molecule has 0 heterocycles. The fraction of sp³-hybridized carbons (Fsp3) is 0.533. The van der Waals surface area contributed by atoms with E-state index >= 15 is 0 Å². The predicted octanol–water partition coefficient (Wildman–Crippen LogP) is 4.45. The Bertz CT molecular complexity index is 344. The van der Waals surface area contributed by atoms with Crippen molar-refractivity contribution in [3.8, 4) is 0 Å². The molecule has 94 valence electrons. The second-order valence-corrected chi connectivity index (χ2v) is 5.78. The van der Waals surface area contributed by atoms with Crippen LogP contribution in [0.25, 0.3) is 0 Å². The molecule has 2 heteroatoms. The summed E-state index contributed by atoms with van der Waals surface area (Å²) in [6, 6.07) is 8.44. The topological polar surface area (TPSA) is 17.1 Å². The van der Waals surface area contributed by atoms with E-state index in [1.54, 1.807) is 0 Å².